The molecule has 0 bridgehead atoms. The second kappa shape index (κ2) is 2.70. The minimum absolute atomic E-state index is 0.00458. The molecule has 1 rings (SSSR count). The van der Waals surface area contributed by atoms with Crippen LogP contribution in [0, 0.1) is 11.8 Å². The average Bonchev–Trinajstić information content (AvgIpc) is 2.10. The number of aliphatic hydroxyl groups excluding tert-OH is 1. The van der Waals surface area contributed by atoms with Gasteiger partial charge >= 0.3 is 0 Å². The highest BCUT2D eigenvalue weighted by atomic mass is 16.3. The van der Waals surface area contributed by atoms with Crippen LogP contribution in [-0.2, 0) is 0 Å². The Morgan fingerprint density at radius 3 is 2.33 bits per heavy atom. The van der Waals surface area contributed by atoms with E-state index < -0.39 is 0 Å². The molecule has 9 heavy (non-hydrogen) atoms. The average molecular weight is 128 g/mol. The third-order valence-corrected chi connectivity index (χ3v) is 2.55. The third-order valence-electron chi connectivity index (χ3n) is 2.55. The first-order valence-electron chi connectivity index (χ1n) is 3.92. The van der Waals surface area contributed by atoms with Gasteiger partial charge in [-0.3, -0.25) is 0 Å². The van der Waals surface area contributed by atoms with Gasteiger partial charge in [0.1, 0.15) is 0 Å². The van der Waals surface area contributed by atoms with Crippen LogP contribution >= 0.6 is 0 Å². The molecule has 1 saturated carbocycles. The summed E-state index contributed by atoms with van der Waals surface area (Å²) in [4.78, 5) is 0. The van der Waals surface area contributed by atoms with Gasteiger partial charge in [0.15, 0.2) is 0 Å². The van der Waals surface area contributed by atoms with Gasteiger partial charge in [-0.1, -0.05) is 20.3 Å². The van der Waals surface area contributed by atoms with Gasteiger partial charge in [-0.05, 0) is 24.7 Å². The first kappa shape index (κ1) is 7.07. The van der Waals surface area contributed by atoms with Gasteiger partial charge in [-0.2, -0.15) is 0 Å². The lowest BCUT2D eigenvalue weighted by Gasteiger charge is -2.09. The van der Waals surface area contributed by atoms with Crippen LogP contribution in [0.2, 0.25) is 0 Å². The highest BCUT2D eigenvalue weighted by Crippen LogP contribution is 2.33. The summed E-state index contributed by atoms with van der Waals surface area (Å²) in [5, 5.41) is 9.20. The van der Waals surface area contributed by atoms with Crippen molar-refractivity contribution in [2.24, 2.45) is 11.8 Å². The van der Waals surface area contributed by atoms with Crippen LogP contribution in [0.25, 0.3) is 0 Å². The summed E-state index contributed by atoms with van der Waals surface area (Å²) in [6.07, 6.45) is 3.30. The van der Waals surface area contributed by atoms with E-state index in [1.54, 1.807) is 0 Å². The topological polar surface area (TPSA) is 20.2 Å². The van der Waals surface area contributed by atoms with E-state index in [0.717, 1.165) is 24.7 Å². The highest BCUT2D eigenvalue weighted by Gasteiger charge is 2.27. The largest absolute Gasteiger partial charge is 0.393 e. The highest BCUT2D eigenvalue weighted by molar-refractivity contribution is 4.79. The molecule has 1 fully saturated rings. The molecule has 0 spiro atoms. The Morgan fingerprint density at radius 2 is 2.11 bits per heavy atom. The first-order valence-corrected chi connectivity index (χ1v) is 3.92. The summed E-state index contributed by atoms with van der Waals surface area (Å²) in [7, 11) is 0. The summed E-state index contributed by atoms with van der Waals surface area (Å²) in [5.41, 5.74) is 0. The molecule has 0 amide bonds. The lowest BCUT2D eigenvalue weighted by molar-refractivity contribution is 0.175. The fraction of sp³-hybridized carbons (Fsp3) is 1.00. The van der Waals surface area contributed by atoms with Crippen molar-refractivity contribution in [2.45, 2.75) is 39.2 Å². The van der Waals surface area contributed by atoms with Gasteiger partial charge in [-0.15, -0.1) is 0 Å². The van der Waals surface area contributed by atoms with Crippen LogP contribution in [-0.4, -0.2) is 11.2 Å². The molecular formula is C8H16O. The number of hydrogen-bond acceptors (Lipinski definition) is 1. The van der Waals surface area contributed by atoms with Gasteiger partial charge in [0.2, 0.25) is 0 Å². The molecule has 1 nitrogen and oxygen atoms in total. The van der Waals surface area contributed by atoms with Crippen molar-refractivity contribution in [3.05, 3.63) is 0 Å². The molecule has 1 aliphatic rings. The van der Waals surface area contributed by atoms with Gasteiger partial charge in [0.25, 0.3) is 0 Å². The summed E-state index contributed by atoms with van der Waals surface area (Å²) in [6.45, 7) is 4.45. The molecule has 0 aromatic carbocycles. The molecule has 0 saturated heterocycles. The van der Waals surface area contributed by atoms with Crippen LogP contribution < -0.4 is 0 Å². The van der Waals surface area contributed by atoms with Gasteiger partial charge < -0.3 is 5.11 Å². The van der Waals surface area contributed by atoms with Crippen molar-refractivity contribution in [2.75, 3.05) is 0 Å². The standard InChI is InChI=1S/C8H16O/c1-3-7-5-8(9)4-6(7)2/h6-9H,3-5H2,1-2H3/t6-,7?,8+/m0/s1. The zero-order valence-electron chi connectivity index (χ0n) is 6.30. The van der Waals surface area contributed by atoms with E-state index in [1.807, 2.05) is 0 Å². The molecule has 0 radical (unpaired) electrons. The van der Waals surface area contributed by atoms with Crippen molar-refractivity contribution in [1.82, 2.24) is 0 Å². The summed E-state index contributed by atoms with van der Waals surface area (Å²) in [5.74, 6) is 1.55. The third kappa shape index (κ3) is 1.45. The van der Waals surface area contributed by atoms with Crippen molar-refractivity contribution < 1.29 is 5.11 Å². The Bertz CT molecular complexity index is 90.6. The van der Waals surface area contributed by atoms with E-state index in [1.165, 1.54) is 6.42 Å². The van der Waals surface area contributed by atoms with Gasteiger partial charge in [0, 0.05) is 0 Å². The Balaban J connectivity index is 2.38. The first-order chi connectivity index (χ1) is 4.24. The van der Waals surface area contributed by atoms with Crippen LogP contribution in [0.4, 0.5) is 0 Å². The van der Waals surface area contributed by atoms with Crippen LogP contribution in [0.5, 0.6) is 0 Å². The molecule has 1 N–H and O–H groups in total. The zero-order chi connectivity index (χ0) is 6.85. The molecule has 0 heterocycles. The quantitative estimate of drug-likeness (QED) is 0.571. The Kier molecular flexibility index (Phi) is 2.12. The number of aliphatic hydroxyl groups is 1. The molecule has 54 valence electrons. The molecule has 1 unspecified atom stereocenters. The predicted molar refractivity (Wildman–Crippen MR) is 38.2 cm³/mol. The summed E-state index contributed by atoms with van der Waals surface area (Å²) < 4.78 is 0. The second-order valence-electron chi connectivity index (χ2n) is 3.27. The monoisotopic (exact) mass is 128 g/mol. The van der Waals surface area contributed by atoms with Crippen molar-refractivity contribution in [3.8, 4) is 0 Å². The fourth-order valence-corrected chi connectivity index (χ4v) is 1.87. The molecule has 0 aromatic rings. The predicted octanol–water partition coefficient (Wildman–Crippen LogP) is 1.80. The maximum atomic E-state index is 9.20. The fourth-order valence-electron chi connectivity index (χ4n) is 1.87. The molecule has 3 atom stereocenters. The van der Waals surface area contributed by atoms with Gasteiger partial charge in [-0.25, -0.2) is 0 Å². The number of hydrogen-bond donors (Lipinski definition) is 1. The minimum Gasteiger partial charge on any atom is -0.393 e. The minimum atomic E-state index is 0.00458. The maximum absolute atomic E-state index is 9.20. The van der Waals surface area contributed by atoms with Crippen molar-refractivity contribution >= 4 is 0 Å². The van der Waals surface area contributed by atoms with Gasteiger partial charge in [0.05, 0.1) is 6.10 Å². The Morgan fingerprint density at radius 1 is 1.44 bits per heavy atom. The van der Waals surface area contributed by atoms with Crippen LogP contribution in [0.3, 0.4) is 0 Å². The molecule has 0 aromatic heterocycles. The van der Waals surface area contributed by atoms with E-state index in [0.29, 0.717) is 0 Å². The lowest BCUT2D eigenvalue weighted by Crippen LogP contribution is -2.00. The molecule has 1 aliphatic carbocycles. The Labute approximate surface area is 57.1 Å². The van der Waals surface area contributed by atoms with E-state index >= 15 is 0 Å². The lowest BCUT2D eigenvalue weighted by atomic mass is 9.96. The van der Waals surface area contributed by atoms with Crippen molar-refractivity contribution in [1.29, 1.82) is 0 Å². The summed E-state index contributed by atoms with van der Waals surface area (Å²) in [6, 6.07) is 0. The van der Waals surface area contributed by atoms with Crippen LogP contribution in [0.1, 0.15) is 33.1 Å². The molecule has 1 heteroatoms. The number of rotatable bonds is 1. The van der Waals surface area contributed by atoms with E-state index in [4.69, 9.17) is 0 Å². The smallest absolute Gasteiger partial charge is 0.0545 e. The van der Waals surface area contributed by atoms with E-state index in [-0.39, 0.29) is 6.10 Å². The van der Waals surface area contributed by atoms with Crippen LogP contribution in [0.15, 0.2) is 0 Å². The van der Waals surface area contributed by atoms with E-state index in [9.17, 15) is 5.11 Å². The zero-order valence-corrected chi connectivity index (χ0v) is 6.30. The maximum Gasteiger partial charge on any atom is 0.0545 e. The molecule has 0 aliphatic heterocycles. The molecular weight excluding hydrogens is 112 g/mol. The second-order valence-corrected chi connectivity index (χ2v) is 3.27. The van der Waals surface area contributed by atoms with Crippen molar-refractivity contribution in [3.63, 3.8) is 0 Å². The summed E-state index contributed by atoms with van der Waals surface area (Å²) >= 11 is 0. The SMILES string of the molecule is CCC1C[C@H](O)C[C@@H]1C. The normalized spacial score (nSPS) is 43.7. The Hall–Kier alpha value is -0.0400. The van der Waals surface area contributed by atoms with E-state index in [2.05, 4.69) is 13.8 Å².